The van der Waals surface area contributed by atoms with Gasteiger partial charge in [-0.1, -0.05) is 17.7 Å². The van der Waals surface area contributed by atoms with E-state index in [1.54, 1.807) is 6.07 Å². The lowest BCUT2D eigenvalue weighted by Crippen LogP contribution is -2.54. The van der Waals surface area contributed by atoms with Crippen LogP contribution in [0.3, 0.4) is 0 Å². The number of piperazine rings is 1. The first-order valence-electron chi connectivity index (χ1n) is 11.1. The number of benzene rings is 1. The number of nitrogens with one attached hydrogen (secondary N) is 1. The van der Waals surface area contributed by atoms with Crippen molar-refractivity contribution in [1.29, 1.82) is 0 Å². The van der Waals surface area contributed by atoms with Crippen molar-refractivity contribution < 1.29 is 27.8 Å². The quantitative estimate of drug-likeness (QED) is 0.660. The Kier molecular flexibility index (Phi) is 6.64. The van der Waals surface area contributed by atoms with E-state index in [4.69, 9.17) is 11.6 Å². The van der Waals surface area contributed by atoms with Crippen LogP contribution in [0.4, 0.5) is 13.2 Å². The minimum atomic E-state index is -4.84. The van der Waals surface area contributed by atoms with Crippen LogP contribution in [0.2, 0.25) is 5.02 Å². The molecule has 3 aliphatic rings. The standard InChI is InChI=1S/C22H29ClF3N3O3/c1-14-20(31)27-8-11-28(14)9-4-17(29-10-7-21(5-6-21)19(30)13-29)15-2-3-16(23)18(12-15)32-22(24,25)26/h2-3,12,14,17,19,30H,4-11,13H2,1H3,(H,27,31)/t14-,17?,19+/m0/s1. The van der Waals surface area contributed by atoms with E-state index in [1.807, 2.05) is 6.92 Å². The number of carbonyl (C=O) groups is 1. The highest BCUT2D eigenvalue weighted by Gasteiger charge is 2.52. The molecule has 1 unspecified atom stereocenters. The maximum atomic E-state index is 12.9. The molecule has 1 amide bonds. The van der Waals surface area contributed by atoms with Crippen molar-refractivity contribution >= 4 is 17.5 Å². The van der Waals surface area contributed by atoms with Crippen LogP contribution in [0.1, 0.15) is 44.2 Å². The Bertz CT molecular complexity index is 849. The molecule has 32 heavy (non-hydrogen) atoms. The Morgan fingerprint density at radius 1 is 1.31 bits per heavy atom. The van der Waals surface area contributed by atoms with Crippen LogP contribution >= 0.6 is 11.6 Å². The summed E-state index contributed by atoms with van der Waals surface area (Å²) in [7, 11) is 0. The van der Waals surface area contributed by atoms with Crippen LogP contribution < -0.4 is 10.1 Å². The molecular formula is C22H29ClF3N3O3. The average Bonchev–Trinajstić information content (AvgIpc) is 3.50. The number of piperidine rings is 1. The number of nitrogens with zero attached hydrogens (tertiary/aromatic N) is 2. The molecule has 2 saturated heterocycles. The Balaban J connectivity index is 1.56. The number of aliphatic hydroxyl groups excluding tert-OH is 1. The van der Waals surface area contributed by atoms with Gasteiger partial charge in [0.15, 0.2) is 0 Å². The summed E-state index contributed by atoms with van der Waals surface area (Å²) < 4.78 is 42.7. The number of hydrogen-bond acceptors (Lipinski definition) is 5. The molecule has 1 spiro atoms. The third-order valence-electron chi connectivity index (χ3n) is 7.23. The second-order valence-electron chi connectivity index (χ2n) is 9.17. The van der Waals surface area contributed by atoms with E-state index < -0.39 is 18.2 Å². The molecule has 0 bridgehead atoms. The zero-order valence-corrected chi connectivity index (χ0v) is 18.8. The first-order chi connectivity index (χ1) is 15.1. The first kappa shape index (κ1) is 23.6. The van der Waals surface area contributed by atoms with Crippen LogP contribution in [-0.2, 0) is 4.79 Å². The maximum Gasteiger partial charge on any atom is 0.573 e. The average molecular weight is 476 g/mol. The van der Waals surface area contributed by atoms with Crippen LogP contribution in [0, 0.1) is 5.41 Å². The number of carbonyl (C=O) groups excluding carboxylic acids is 1. The minimum Gasteiger partial charge on any atom is -0.404 e. The van der Waals surface area contributed by atoms with Crippen molar-refractivity contribution in [2.24, 2.45) is 5.41 Å². The number of amides is 1. The fourth-order valence-electron chi connectivity index (χ4n) is 4.98. The number of aliphatic hydroxyl groups is 1. The van der Waals surface area contributed by atoms with Crippen molar-refractivity contribution in [2.45, 2.75) is 57.2 Å². The van der Waals surface area contributed by atoms with Gasteiger partial charge >= 0.3 is 6.36 Å². The van der Waals surface area contributed by atoms with Crippen LogP contribution in [-0.4, -0.2) is 72.0 Å². The summed E-state index contributed by atoms with van der Waals surface area (Å²) >= 11 is 5.96. The van der Waals surface area contributed by atoms with Crippen molar-refractivity contribution in [1.82, 2.24) is 15.1 Å². The molecule has 0 radical (unpaired) electrons. The summed E-state index contributed by atoms with van der Waals surface area (Å²) in [5, 5.41) is 13.4. The van der Waals surface area contributed by atoms with E-state index >= 15 is 0 Å². The molecule has 3 fully saturated rings. The topological polar surface area (TPSA) is 65.0 Å². The highest BCUT2D eigenvalue weighted by atomic mass is 35.5. The van der Waals surface area contributed by atoms with Gasteiger partial charge < -0.3 is 15.2 Å². The van der Waals surface area contributed by atoms with Gasteiger partial charge in [0, 0.05) is 32.2 Å². The zero-order valence-electron chi connectivity index (χ0n) is 18.0. The van der Waals surface area contributed by atoms with Gasteiger partial charge in [0.2, 0.25) is 5.91 Å². The number of β-amino-alcohol motifs (C(OH)–C–C–N with tert-alkyl or cyclic N) is 1. The molecule has 4 rings (SSSR count). The molecule has 2 heterocycles. The Morgan fingerprint density at radius 2 is 2.06 bits per heavy atom. The zero-order chi connectivity index (χ0) is 23.1. The monoisotopic (exact) mass is 475 g/mol. The summed E-state index contributed by atoms with van der Waals surface area (Å²) in [6.07, 6.45) is -1.77. The van der Waals surface area contributed by atoms with Crippen molar-refractivity contribution in [3.8, 4) is 5.75 Å². The third-order valence-corrected chi connectivity index (χ3v) is 7.54. The summed E-state index contributed by atoms with van der Waals surface area (Å²) in [5.74, 6) is -0.451. The van der Waals surface area contributed by atoms with E-state index in [0.29, 0.717) is 38.2 Å². The smallest absolute Gasteiger partial charge is 0.404 e. The molecule has 178 valence electrons. The van der Waals surface area contributed by atoms with Gasteiger partial charge in [-0.2, -0.15) is 0 Å². The second-order valence-corrected chi connectivity index (χ2v) is 9.58. The summed E-state index contributed by atoms with van der Waals surface area (Å²) in [5.41, 5.74) is 0.673. The number of rotatable bonds is 6. The van der Waals surface area contributed by atoms with E-state index in [1.165, 1.54) is 12.1 Å². The summed E-state index contributed by atoms with van der Waals surface area (Å²) in [4.78, 5) is 16.2. The van der Waals surface area contributed by atoms with Crippen LogP contribution in [0.5, 0.6) is 5.75 Å². The van der Waals surface area contributed by atoms with Crippen molar-refractivity contribution in [2.75, 3.05) is 32.7 Å². The highest BCUT2D eigenvalue weighted by Crippen LogP contribution is 2.54. The Labute approximate surface area is 190 Å². The molecule has 1 aromatic carbocycles. The molecular weight excluding hydrogens is 447 g/mol. The van der Waals surface area contributed by atoms with E-state index in [2.05, 4.69) is 19.9 Å². The predicted molar refractivity (Wildman–Crippen MR) is 113 cm³/mol. The number of halogens is 4. The van der Waals surface area contributed by atoms with Gasteiger partial charge in [0.1, 0.15) is 5.75 Å². The van der Waals surface area contributed by atoms with Gasteiger partial charge in [0.25, 0.3) is 0 Å². The number of likely N-dealkylation sites (tertiary alicyclic amines) is 1. The Morgan fingerprint density at radius 3 is 2.72 bits per heavy atom. The molecule has 1 saturated carbocycles. The number of hydrogen-bond donors (Lipinski definition) is 2. The lowest BCUT2D eigenvalue weighted by molar-refractivity contribution is -0.274. The highest BCUT2D eigenvalue weighted by molar-refractivity contribution is 6.32. The fourth-order valence-corrected chi connectivity index (χ4v) is 5.14. The van der Waals surface area contributed by atoms with Gasteiger partial charge in [-0.15, -0.1) is 13.2 Å². The molecule has 1 aromatic rings. The van der Waals surface area contributed by atoms with Crippen LogP contribution in [0.15, 0.2) is 18.2 Å². The van der Waals surface area contributed by atoms with Crippen molar-refractivity contribution in [3.63, 3.8) is 0 Å². The Hall–Kier alpha value is -1.55. The molecule has 0 aromatic heterocycles. The molecule has 3 atom stereocenters. The molecule has 6 nitrogen and oxygen atoms in total. The normalized spacial score (nSPS) is 27.2. The molecule has 1 aliphatic carbocycles. The largest absolute Gasteiger partial charge is 0.573 e. The first-order valence-corrected chi connectivity index (χ1v) is 11.4. The lowest BCUT2D eigenvalue weighted by Gasteiger charge is -2.42. The summed E-state index contributed by atoms with van der Waals surface area (Å²) in [6, 6.07) is 3.99. The molecule has 10 heteroatoms. The van der Waals surface area contributed by atoms with Crippen LogP contribution in [0.25, 0.3) is 0 Å². The van der Waals surface area contributed by atoms with Gasteiger partial charge in [-0.3, -0.25) is 14.6 Å². The predicted octanol–water partition coefficient (Wildman–Crippen LogP) is 3.34. The maximum absolute atomic E-state index is 12.9. The summed E-state index contributed by atoms with van der Waals surface area (Å²) in [6.45, 7) is 4.98. The fraction of sp³-hybridized carbons (Fsp3) is 0.682. The van der Waals surface area contributed by atoms with Gasteiger partial charge in [-0.25, -0.2) is 0 Å². The second kappa shape index (κ2) is 9.00. The molecule has 2 N–H and O–H groups in total. The van der Waals surface area contributed by atoms with Gasteiger partial charge in [-0.05, 0) is 62.3 Å². The SMILES string of the molecule is C[C@H]1C(=O)NCCN1CCC(c1ccc(Cl)c(OC(F)(F)F)c1)N1CCC2(CC2)[C@H](O)C1. The third kappa shape index (κ3) is 5.16. The van der Waals surface area contributed by atoms with E-state index in [-0.39, 0.29) is 28.4 Å². The van der Waals surface area contributed by atoms with Crippen molar-refractivity contribution in [3.05, 3.63) is 28.8 Å². The lowest BCUT2D eigenvalue weighted by atomic mass is 9.88. The minimum absolute atomic E-state index is 0.0189. The number of alkyl halides is 3. The van der Waals surface area contributed by atoms with Gasteiger partial charge in [0.05, 0.1) is 17.2 Å². The molecule has 2 aliphatic heterocycles. The van der Waals surface area contributed by atoms with E-state index in [9.17, 15) is 23.1 Å². The van der Waals surface area contributed by atoms with E-state index in [0.717, 1.165) is 25.8 Å². The number of ether oxygens (including phenoxy) is 1.